The molecule has 12 nitrogen and oxygen atoms in total. The molecule has 1 spiro atoms. The molecule has 0 atom stereocenters. The zero-order chi connectivity index (χ0) is 24.8. The quantitative estimate of drug-likeness (QED) is 0.389. The van der Waals surface area contributed by atoms with Gasteiger partial charge < -0.3 is 19.0 Å². The number of amides is 1. The van der Waals surface area contributed by atoms with Crippen LogP contribution in [0.15, 0.2) is 53.7 Å². The molecule has 1 saturated carbocycles. The third-order valence-corrected chi connectivity index (χ3v) is 6.07. The summed E-state index contributed by atoms with van der Waals surface area (Å²) in [5.74, 6) is 0.339. The molecule has 1 aliphatic carbocycles. The number of benzene rings is 1. The molecule has 2 aliphatic rings. The molecule has 2 aromatic heterocycles. The summed E-state index contributed by atoms with van der Waals surface area (Å²) in [5, 5.41) is 18.5. The first kappa shape index (κ1) is 23.8. The van der Waals surface area contributed by atoms with E-state index in [0.717, 1.165) is 5.56 Å². The summed E-state index contributed by atoms with van der Waals surface area (Å²) in [6, 6.07) is 14.7. The average molecular weight is 494 g/mol. The van der Waals surface area contributed by atoms with E-state index < -0.39 is 11.9 Å². The summed E-state index contributed by atoms with van der Waals surface area (Å²) in [7, 11) is 1.73. The summed E-state index contributed by atoms with van der Waals surface area (Å²) >= 11 is 0. The van der Waals surface area contributed by atoms with Crippen LogP contribution in [0, 0.1) is 0 Å². The maximum absolute atomic E-state index is 12.4. The van der Waals surface area contributed by atoms with Crippen LogP contribution < -0.4 is 5.32 Å². The zero-order valence-electron chi connectivity index (χ0n) is 19.9. The fourth-order valence-corrected chi connectivity index (χ4v) is 4.26. The Kier molecular flexibility index (Phi) is 7.14. The highest BCUT2D eigenvalue weighted by molar-refractivity contribution is 6.10. The van der Waals surface area contributed by atoms with Gasteiger partial charge in [0.1, 0.15) is 11.9 Å². The number of tetrazole rings is 1. The maximum atomic E-state index is 12.4. The summed E-state index contributed by atoms with van der Waals surface area (Å²) in [6.07, 6.45) is 2.08. The lowest BCUT2D eigenvalue weighted by Gasteiger charge is -2.34. The number of carbonyl (C=O) groups excluding carboxylic acids is 1. The number of pyridine rings is 1. The van der Waals surface area contributed by atoms with Gasteiger partial charge in [-0.05, 0) is 35.4 Å². The maximum Gasteiger partial charge on any atom is 0.413 e. The fraction of sp³-hybridized carbons (Fsp3) is 0.417. The number of ether oxygens (including phenoxy) is 3. The smallest absolute Gasteiger partial charge is 0.413 e. The fourth-order valence-electron chi connectivity index (χ4n) is 4.26. The van der Waals surface area contributed by atoms with Crippen LogP contribution >= 0.6 is 0 Å². The second kappa shape index (κ2) is 10.8. The van der Waals surface area contributed by atoms with Gasteiger partial charge in [0.25, 0.3) is 0 Å². The third-order valence-electron chi connectivity index (χ3n) is 6.07. The number of aryl methyl sites for hydroxylation is 1. The van der Waals surface area contributed by atoms with Crippen LogP contribution in [-0.4, -0.2) is 62.1 Å². The van der Waals surface area contributed by atoms with Crippen LogP contribution in [0.4, 0.5) is 10.6 Å². The minimum absolute atomic E-state index is 0.0802. The molecule has 5 rings (SSSR count). The molecule has 1 saturated heterocycles. The predicted octanol–water partition coefficient (Wildman–Crippen LogP) is 2.81. The normalized spacial score (nSPS) is 17.8. The van der Waals surface area contributed by atoms with Gasteiger partial charge in [-0.3, -0.25) is 5.32 Å². The van der Waals surface area contributed by atoms with Crippen molar-refractivity contribution in [1.29, 1.82) is 0 Å². The molecule has 0 unspecified atom stereocenters. The lowest BCUT2D eigenvalue weighted by Crippen LogP contribution is -2.38. The van der Waals surface area contributed by atoms with E-state index in [9.17, 15) is 4.79 Å². The van der Waals surface area contributed by atoms with Crippen molar-refractivity contribution in [1.82, 2.24) is 25.2 Å². The van der Waals surface area contributed by atoms with Crippen molar-refractivity contribution in [3.05, 3.63) is 65.6 Å². The van der Waals surface area contributed by atoms with Gasteiger partial charge in [-0.1, -0.05) is 41.6 Å². The lowest BCUT2D eigenvalue weighted by molar-refractivity contribution is -0.187. The van der Waals surface area contributed by atoms with Gasteiger partial charge in [0.15, 0.2) is 18.1 Å². The van der Waals surface area contributed by atoms with Gasteiger partial charge in [0.2, 0.25) is 5.82 Å². The Morgan fingerprint density at radius 1 is 1.14 bits per heavy atom. The van der Waals surface area contributed by atoms with E-state index in [-0.39, 0.29) is 12.7 Å². The second-order valence-electron chi connectivity index (χ2n) is 8.56. The number of rotatable bonds is 7. The molecule has 2 fully saturated rings. The van der Waals surface area contributed by atoms with E-state index in [1.54, 1.807) is 25.2 Å². The molecule has 1 aromatic carbocycles. The average Bonchev–Trinajstić information content (AvgIpc) is 3.53. The molecular formula is C24H27N7O5. The summed E-state index contributed by atoms with van der Waals surface area (Å²) in [4.78, 5) is 22.4. The van der Waals surface area contributed by atoms with E-state index in [1.807, 2.05) is 30.3 Å². The van der Waals surface area contributed by atoms with Crippen LogP contribution in [-0.2, 0) is 32.7 Å². The van der Waals surface area contributed by atoms with Gasteiger partial charge in [-0.2, -0.15) is 0 Å². The van der Waals surface area contributed by atoms with Crippen molar-refractivity contribution >= 4 is 17.6 Å². The first-order valence-electron chi connectivity index (χ1n) is 11.8. The van der Waals surface area contributed by atoms with Crippen LogP contribution in [0.3, 0.4) is 0 Å². The van der Waals surface area contributed by atoms with E-state index >= 15 is 0 Å². The van der Waals surface area contributed by atoms with Gasteiger partial charge in [-0.25, -0.2) is 14.5 Å². The van der Waals surface area contributed by atoms with Crippen molar-refractivity contribution in [2.24, 2.45) is 12.2 Å². The Morgan fingerprint density at radius 2 is 1.92 bits per heavy atom. The molecule has 188 valence electrons. The Morgan fingerprint density at radius 3 is 2.64 bits per heavy atom. The van der Waals surface area contributed by atoms with Crippen molar-refractivity contribution in [2.45, 2.75) is 44.2 Å². The number of oxime groups is 1. The number of aromatic nitrogens is 5. The van der Waals surface area contributed by atoms with Crippen molar-refractivity contribution in [3.8, 4) is 0 Å². The number of hydrogen-bond acceptors (Lipinski definition) is 10. The summed E-state index contributed by atoms with van der Waals surface area (Å²) < 4.78 is 18.5. The van der Waals surface area contributed by atoms with Crippen molar-refractivity contribution in [3.63, 3.8) is 0 Å². The van der Waals surface area contributed by atoms with E-state index in [1.165, 1.54) is 4.68 Å². The molecule has 3 aromatic rings. The molecule has 1 N–H and O–H groups in total. The molecule has 12 heteroatoms. The van der Waals surface area contributed by atoms with Crippen LogP contribution in [0.2, 0.25) is 0 Å². The van der Waals surface area contributed by atoms with E-state index in [2.05, 4.69) is 31.0 Å². The van der Waals surface area contributed by atoms with E-state index in [4.69, 9.17) is 19.0 Å². The molecule has 36 heavy (non-hydrogen) atoms. The van der Waals surface area contributed by atoms with Crippen molar-refractivity contribution < 1.29 is 23.8 Å². The minimum Gasteiger partial charge on any atom is -0.446 e. The van der Waals surface area contributed by atoms with Crippen LogP contribution in [0.25, 0.3) is 0 Å². The standard InChI is InChI=1S/C24H27N7O5/c1-31-22(27-29-30-31)21(17-6-3-2-4-7-17)28-35-16-18-8-5-9-20(25-18)26-23(32)36-19-10-12-24(13-11-19)33-14-15-34-24/h2-9,19H,10-16H2,1H3,(H,25,26,32)/b28-21-. The Labute approximate surface area is 207 Å². The third kappa shape index (κ3) is 5.66. The molecule has 1 amide bonds. The van der Waals surface area contributed by atoms with Gasteiger partial charge >= 0.3 is 6.09 Å². The topological polar surface area (TPSA) is 135 Å². The molecular weight excluding hydrogens is 466 g/mol. The van der Waals surface area contributed by atoms with Gasteiger partial charge in [-0.15, -0.1) is 5.10 Å². The van der Waals surface area contributed by atoms with Crippen LogP contribution in [0.5, 0.6) is 0 Å². The summed E-state index contributed by atoms with van der Waals surface area (Å²) in [5.41, 5.74) is 1.88. The first-order chi connectivity index (χ1) is 17.6. The van der Waals surface area contributed by atoms with Gasteiger partial charge in [0.05, 0.1) is 18.9 Å². The largest absolute Gasteiger partial charge is 0.446 e. The predicted molar refractivity (Wildman–Crippen MR) is 127 cm³/mol. The number of nitrogens with zero attached hydrogens (tertiary/aromatic N) is 6. The number of nitrogens with one attached hydrogen (secondary N) is 1. The Bertz CT molecular complexity index is 1200. The minimum atomic E-state index is -0.547. The lowest BCUT2D eigenvalue weighted by atomic mass is 9.92. The highest BCUT2D eigenvalue weighted by atomic mass is 16.7. The Balaban J connectivity index is 1.17. The first-order valence-corrected chi connectivity index (χ1v) is 11.8. The van der Waals surface area contributed by atoms with Gasteiger partial charge in [0, 0.05) is 25.5 Å². The highest BCUT2D eigenvalue weighted by Crippen LogP contribution is 2.36. The molecule has 1 aliphatic heterocycles. The number of anilines is 1. The van der Waals surface area contributed by atoms with Crippen molar-refractivity contribution in [2.75, 3.05) is 18.5 Å². The molecule has 0 bridgehead atoms. The number of hydrogen-bond donors (Lipinski definition) is 1. The Hall–Kier alpha value is -3.90. The molecule has 0 radical (unpaired) electrons. The summed E-state index contributed by atoms with van der Waals surface area (Å²) in [6.45, 7) is 1.32. The second-order valence-corrected chi connectivity index (χ2v) is 8.56. The highest BCUT2D eigenvalue weighted by Gasteiger charge is 2.41. The zero-order valence-corrected chi connectivity index (χ0v) is 19.9. The number of carbonyl (C=O) groups is 1. The van der Waals surface area contributed by atoms with Crippen LogP contribution in [0.1, 0.15) is 42.8 Å². The monoisotopic (exact) mass is 493 g/mol. The molecule has 3 heterocycles. The van der Waals surface area contributed by atoms with E-state index in [0.29, 0.717) is 61.9 Å². The SMILES string of the molecule is Cn1nnnc1/C(=N\OCc1cccc(NC(=O)OC2CCC3(CC2)OCCO3)n1)c1ccccc1.